The first-order chi connectivity index (χ1) is 12.4. The van der Waals surface area contributed by atoms with Crippen molar-refractivity contribution in [1.29, 1.82) is 0 Å². The summed E-state index contributed by atoms with van der Waals surface area (Å²) in [6.45, 7) is 3.88. The first-order valence-electron chi connectivity index (χ1n) is 7.84. The molecule has 0 aliphatic rings. The zero-order valence-electron chi connectivity index (χ0n) is 14.2. The minimum Gasteiger partial charge on any atom is -0.337 e. The van der Waals surface area contributed by atoms with Gasteiger partial charge in [-0.1, -0.05) is 6.07 Å². The van der Waals surface area contributed by atoms with Gasteiger partial charge in [0.2, 0.25) is 0 Å². The van der Waals surface area contributed by atoms with Gasteiger partial charge in [-0.25, -0.2) is 18.7 Å². The number of anilines is 3. The number of aromatic nitrogens is 2. The van der Waals surface area contributed by atoms with Gasteiger partial charge in [-0.05, 0) is 49.2 Å². The van der Waals surface area contributed by atoms with Crippen LogP contribution in [-0.2, 0) is 0 Å². The molecule has 2 aromatic carbocycles. The standard InChI is InChI=1S/C19H16F2N4O/c1-11-5-12(2)7-14(6-11)24-19(26)17-9-23-18(10-22-17)25-16-4-3-13(20)8-15(16)21/h3-10H,1-2H3,(H,23,25)(H,24,26). The summed E-state index contributed by atoms with van der Waals surface area (Å²) >= 11 is 0. The fourth-order valence-electron chi connectivity index (χ4n) is 2.48. The number of carbonyl (C=O) groups excluding carboxylic acids is 1. The molecular formula is C19H16F2N4O. The molecule has 0 spiro atoms. The number of hydrogen-bond acceptors (Lipinski definition) is 4. The van der Waals surface area contributed by atoms with Crippen LogP contribution in [0.5, 0.6) is 0 Å². The highest BCUT2D eigenvalue weighted by molar-refractivity contribution is 6.02. The van der Waals surface area contributed by atoms with Gasteiger partial charge in [0.25, 0.3) is 5.91 Å². The second-order valence-corrected chi connectivity index (χ2v) is 5.87. The number of rotatable bonds is 4. The number of aryl methyl sites for hydroxylation is 2. The van der Waals surface area contributed by atoms with Crippen molar-refractivity contribution in [2.24, 2.45) is 0 Å². The summed E-state index contributed by atoms with van der Waals surface area (Å²) in [5.41, 5.74) is 2.92. The van der Waals surface area contributed by atoms with Crippen LogP contribution in [0.2, 0.25) is 0 Å². The molecule has 0 atom stereocenters. The molecule has 0 saturated heterocycles. The van der Waals surface area contributed by atoms with E-state index in [-0.39, 0.29) is 17.2 Å². The van der Waals surface area contributed by atoms with Crippen LogP contribution in [0.25, 0.3) is 0 Å². The van der Waals surface area contributed by atoms with Gasteiger partial charge >= 0.3 is 0 Å². The molecule has 0 aliphatic carbocycles. The van der Waals surface area contributed by atoms with E-state index in [9.17, 15) is 13.6 Å². The number of carbonyl (C=O) groups is 1. The summed E-state index contributed by atoms with van der Waals surface area (Å²) in [7, 11) is 0. The third-order valence-electron chi connectivity index (χ3n) is 3.56. The minimum atomic E-state index is -0.747. The average molecular weight is 354 g/mol. The zero-order valence-corrected chi connectivity index (χ0v) is 14.2. The molecule has 0 aliphatic heterocycles. The van der Waals surface area contributed by atoms with Crippen molar-refractivity contribution in [1.82, 2.24) is 9.97 Å². The molecule has 3 aromatic rings. The molecule has 132 valence electrons. The second-order valence-electron chi connectivity index (χ2n) is 5.87. The highest BCUT2D eigenvalue weighted by atomic mass is 19.1. The maximum atomic E-state index is 13.6. The number of halogens is 2. The van der Waals surface area contributed by atoms with Crippen molar-refractivity contribution in [2.45, 2.75) is 13.8 Å². The Hall–Kier alpha value is -3.35. The van der Waals surface area contributed by atoms with Gasteiger partial charge in [-0.15, -0.1) is 0 Å². The minimum absolute atomic E-state index is 0.0631. The second kappa shape index (κ2) is 7.26. The van der Waals surface area contributed by atoms with E-state index < -0.39 is 17.5 Å². The van der Waals surface area contributed by atoms with Gasteiger partial charge in [0.05, 0.1) is 18.1 Å². The number of benzene rings is 2. The summed E-state index contributed by atoms with van der Waals surface area (Å²) in [6, 6.07) is 8.86. The smallest absolute Gasteiger partial charge is 0.275 e. The largest absolute Gasteiger partial charge is 0.337 e. The third-order valence-corrected chi connectivity index (χ3v) is 3.56. The van der Waals surface area contributed by atoms with Crippen LogP contribution in [0, 0.1) is 25.5 Å². The fourth-order valence-corrected chi connectivity index (χ4v) is 2.48. The monoisotopic (exact) mass is 354 g/mol. The van der Waals surface area contributed by atoms with Crippen LogP contribution in [0.1, 0.15) is 21.6 Å². The Morgan fingerprint density at radius 1 is 0.962 bits per heavy atom. The van der Waals surface area contributed by atoms with Gasteiger partial charge in [0.1, 0.15) is 23.1 Å². The van der Waals surface area contributed by atoms with Gasteiger partial charge in [0.15, 0.2) is 0 Å². The van der Waals surface area contributed by atoms with Crippen molar-refractivity contribution >= 4 is 23.1 Å². The molecule has 1 aromatic heterocycles. The van der Waals surface area contributed by atoms with Crippen molar-refractivity contribution in [3.8, 4) is 0 Å². The SMILES string of the molecule is Cc1cc(C)cc(NC(=O)c2cnc(Nc3ccc(F)cc3F)cn2)c1. The fraction of sp³-hybridized carbons (Fsp3) is 0.105. The molecule has 7 heteroatoms. The summed E-state index contributed by atoms with van der Waals surface area (Å²) in [5.74, 6) is -1.58. The third kappa shape index (κ3) is 4.18. The molecule has 3 rings (SSSR count). The lowest BCUT2D eigenvalue weighted by Gasteiger charge is -2.09. The molecule has 5 nitrogen and oxygen atoms in total. The molecule has 0 saturated carbocycles. The van der Waals surface area contributed by atoms with E-state index in [1.54, 1.807) is 0 Å². The number of nitrogens with zero attached hydrogens (tertiary/aromatic N) is 2. The Labute approximate surface area is 149 Å². The van der Waals surface area contributed by atoms with Gasteiger partial charge < -0.3 is 10.6 Å². The molecule has 2 N–H and O–H groups in total. The normalized spacial score (nSPS) is 10.5. The van der Waals surface area contributed by atoms with Crippen LogP contribution in [0.15, 0.2) is 48.8 Å². The van der Waals surface area contributed by atoms with Crippen LogP contribution in [0.4, 0.5) is 26.0 Å². The molecule has 0 unspecified atom stereocenters. The molecule has 1 amide bonds. The van der Waals surface area contributed by atoms with Gasteiger partial charge in [-0.3, -0.25) is 4.79 Å². The summed E-state index contributed by atoms with van der Waals surface area (Å²) in [5, 5.41) is 5.44. The summed E-state index contributed by atoms with van der Waals surface area (Å²) < 4.78 is 26.6. The maximum Gasteiger partial charge on any atom is 0.275 e. The lowest BCUT2D eigenvalue weighted by Crippen LogP contribution is -2.14. The molecule has 0 fully saturated rings. The highest BCUT2D eigenvalue weighted by Gasteiger charge is 2.10. The predicted octanol–water partition coefficient (Wildman–Crippen LogP) is 4.37. The maximum absolute atomic E-state index is 13.6. The van der Waals surface area contributed by atoms with Crippen molar-refractivity contribution in [3.63, 3.8) is 0 Å². The number of amides is 1. The molecule has 0 bridgehead atoms. The first kappa shape index (κ1) is 17.5. The average Bonchev–Trinajstić information content (AvgIpc) is 2.57. The quantitative estimate of drug-likeness (QED) is 0.730. The van der Waals surface area contributed by atoms with E-state index in [0.717, 1.165) is 23.3 Å². The van der Waals surface area contributed by atoms with E-state index in [2.05, 4.69) is 20.6 Å². The Morgan fingerprint density at radius 3 is 2.31 bits per heavy atom. The molecule has 26 heavy (non-hydrogen) atoms. The first-order valence-corrected chi connectivity index (χ1v) is 7.84. The Balaban J connectivity index is 1.71. The number of nitrogens with one attached hydrogen (secondary N) is 2. The lowest BCUT2D eigenvalue weighted by atomic mass is 10.1. The van der Waals surface area contributed by atoms with Gasteiger partial charge in [0, 0.05) is 11.8 Å². The zero-order chi connectivity index (χ0) is 18.7. The molecule has 1 heterocycles. The number of hydrogen-bond donors (Lipinski definition) is 2. The molecule has 0 radical (unpaired) electrons. The van der Waals surface area contributed by atoms with Crippen LogP contribution in [-0.4, -0.2) is 15.9 Å². The van der Waals surface area contributed by atoms with Crippen molar-refractivity contribution < 1.29 is 13.6 Å². The Bertz CT molecular complexity index is 938. The van der Waals surface area contributed by atoms with E-state index in [4.69, 9.17) is 0 Å². The highest BCUT2D eigenvalue weighted by Crippen LogP contribution is 2.19. The van der Waals surface area contributed by atoms with Crippen LogP contribution >= 0.6 is 0 Å². The topological polar surface area (TPSA) is 66.9 Å². The van der Waals surface area contributed by atoms with E-state index in [1.807, 2.05) is 32.0 Å². The Morgan fingerprint density at radius 2 is 1.69 bits per heavy atom. The summed E-state index contributed by atoms with van der Waals surface area (Å²) in [4.78, 5) is 20.3. The van der Waals surface area contributed by atoms with Crippen LogP contribution < -0.4 is 10.6 Å². The van der Waals surface area contributed by atoms with Crippen LogP contribution in [0.3, 0.4) is 0 Å². The van der Waals surface area contributed by atoms with E-state index in [1.165, 1.54) is 18.5 Å². The van der Waals surface area contributed by atoms with Gasteiger partial charge in [-0.2, -0.15) is 0 Å². The van der Waals surface area contributed by atoms with Crippen molar-refractivity contribution in [2.75, 3.05) is 10.6 Å². The predicted molar refractivity (Wildman–Crippen MR) is 95.5 cm³/mol. The van der Waals surface area contributed by atoms with E-state index >= 15 is 0 Å². The van der Waals surface area contributed by atoms with Crippen molar-refractivity contribution in [3.05, 3.63) is 77.2 Å². The molecular weight excluding hydrogens is 338 g/mol. The summed E-state index contributed by atoms with van der Waals surface area (Å²) in [6.07, 6.45) is 2.58. The van der Waals surface area contributed by atoms with E-state index in [0.29, 0.717) is 5.69 Å². The Kier molecular flexibility index (Phi) is 4.88. The lowest BCUT2D eigenvalue weighted by molar-refractivity contribution is 0.102.